The lowest BCUT2D eigenvalue weighted by atomic mass is 9.97. The van der Waals surface area contributed by atoms with Gasteiger partial charge in [-0.25, -0.2) is 0 Å². The predicted molar refractivity (Wildman–Crippen MR) is 90.5 cm³/mol. The Kier molecular flexibility index (Phi) is 7.39. The van der Waals surface area contributed by atoms with Crippen LogP contribution in [0.25, 0.3) is 0 Å². The molecule has 0 saturated carbocycles. The van der Waals surface area contributed by atoms with E-state index < -0.39 is 5.60 Å². The Hall–Kier alpha value is -1.55. The van der Waals surface area contributed by atoms with E-state index in [1.807, 2.05) is 39.0 Å². The zero-order valence-corrected chi connectivity index (χ0v) is 14.5. The van der Waals surface area contributed by atoms with Gasteiger partial charge in [0.05, 0.1) is 6.61 Å². The van der Waals surface area contributed by atoms with E-state index in [1.165, 1.54) is 0 Å². The van der Waals surface area contributed by atoms with Crippen molar-refractivity contribution in [3.05, 3.63) is 23.8 Å². The molecule has 0 aliphatic carbocycles. The molecule has 1 atom stereocenters. The van der Waals surface area contributed by atoms with Crippen LogP contribution in [0.15, 0.2) is 18.2 Å². The number of hydrogen-bond donors (Lipinski definition) is 1. The molecule has 1 aromatic rings. The van der Waals surface area contributed by atoms with E-state index in [4.69, 9.17) is 9.47 Å². The molecular weight excluding hydrogens is 278 g/mol. The van der Waals surface area contributed by atoms with Crippen molar-refractivity contribution in [1.82, 2.24) is 0 Å². The molecule has 0 radical (unpaired) electrons. The molecule has 0 aromatic heterocycles. The average Bonchev–Trinajstić information content (AvgIpc) is 2.50. The summed E-state index contributed by atoms with van der Waals surface area (Å²) in [6, 6.07) is 5.67. The molecule has 4 nitrogen and oxygen atoms in total. The highest BCUT2D eigenvalue weighted by molar-refractivity contribution is 5.97. The van der Waals surface area contributed by atoms with Crippen molar-refractivity contribution in [2.24, 2.45) is 0 Å². The lowest BCUT2D eigenvalue weighted by molar-refractivity contribution is -0.136. The Morgan fingerprint density at radius 2 is 2.00 bits per heavy atom. The van der Waals surface area contributed by atoms with Crippen molar-refractivity contribution in [3.63, 3.8) is 0 Å². The number of hydrogen-bond acceptors (Lipinski definition) is 3. The van der Waals surface area contributed by atoms with Gasteiger partial charge in [-0.1, -0.05) is 26.2 Å². The van der Waals surface area contributed by atoms with Crippen LogP contribution in [0.2, 0.25) is 0 Å². The van der Waals surface area contributed by atoms with Crippen LogP contribution in [0, 0.1) is 6.92 Å². The second kappa shape index (κ2) is 8.79. The molecule has 1 amide bonds. The molecule has 1 rings (SSSR count). The molecule has 124 valence electrons. The van der Waals surface area contributed by atoms with Gasteiger partial charge in [-0.05, 0) is 51.0 Å². The monoisotopic (exact) mass is 307 g/mol. The molecule has 0 spiro atoms. The van der Waals surface area contributed by atoms with E-state index in [2.05, 4.69) is 12.2 Å². The molecule has 0 saturated heterocycles. The zero-order chi connectivity index (χ0) is 16.6. The number of aryl methyl sites for hydroxylation is 1. The van der Waals surface area contributed by atoms with Crippen LogP contribution in [0.1, 0.15) is 52.0 Å². The second-order valence-corrected chi connectivity index (χ2v) is 5.76. The summed E-state index contributed by atoms with van der Waals surface area (Å²) in [6.45, 7) is 8.55. The van der Waals surface area contributed by atoms with Crippen LogP contribution in [-0.4, -0.2) is 25.2 Å². The van der Waals surface area contributed by atoms with Gasteiger partial charge in [-0.2, -0.15) is 0 Å². The van der Waals surface area contributed by atoms with Crippen molar-refractivity contribution in [3.8, 4) is 5.75 Å². The summed E-state index contributed by atoms with van der Waals surface area (Å²) in [5, 5.41) is 2.95. The van der Waals surface area contributed by atoms with Crippen LogP contribution >= 0.6 is 0 Å². The molecule has 22 heavy (non-hydrogen) atoms. The van der Waals surface area contributed by atoms with Crippen molar-refractivity contribution in [1.29, 1.82) is 0 Å². The van der Waals surface area contributed by atoms with Crippen molar-refractivity contribution in [2.45, 2.75) is 59.0 Å². The second-order valence-electron chi connectivity index (χ2n) is 5.76. The number of nitrogens with one attached hydrogen (secondary N) is 1. The number of carbonyl (C=O) groups excluding carboxylic acids is 1. The smallest absolute Gasteiger partial charge is 0.256 e. The minimum atomic E-state index is -0.790. The van der Waals surface area contributed by atoms with Gasteiger partial charge in [-0.3, -0.25) is 4.79 Å². The van der Waals surface area contributed by atoms with E-state index >= 15 is 0 Å². The first kappa shape index (κ1) is 18.5. The molecule has 0 heterocycles. The summed E-state index contributed by atoms with van der Waals surface area (Å²) in [4.78, 5) is 12.5. The normalized spacial score (nSPS) is 13.5. The van der Waals surface area contributed by atoms with Crippen LogP contribution in [0.4, 0.5) is 5.69 Å². The molecule has 1 unspecified atom stereocenters. The summed E-state index contributed by atoms with van der Waals surface area (Å²) in [5.74, 6) is 0.743. The first-order valence-electron chi connectivity index (χ1n) is 8.07. The summed E-state index contributed by atoms with van der Waals surface area (Å²) in [5.41, 5.74) is 0.983. The maximum Gasteiger partial charge on any atom is 0.256 e. The van der Waals surface area contributed by atoms with E-state index in [0.29, 0.717) is 6.61 Å². The van der Waals surface area contributed by atoms with Crippen LogP contribution in [0.5, 0.6) is 5.75 Å². The highest BCUT2D eigenvalue weighted by Gasteiger charge is 2.32. The molecule has 0 aliphatic heterocycles. The molecule has 0 bridgehead atoms. The predicted octanol–water partition coefficient (Wildman–Crippen LogP) is 4.32. The summed E-state index contributed by atoms with van der Waals surface area (Å²) in [6.07, 6.45) is 3.93. The van der Waals surface area contributed by atoms with E-state index in [9.17, 15) is 4.79 Å². The van der Waals surface area contributed by atoms with Gasteiger partial charge in [0.15, 0.2) is 0 Å². The fourth-order valence-corrected chi connectivity index (χ4v) is 2.33. The molecule has 4 heteroatoms. The Labute approximate surface area is 134 Å². The third kappa shape index (κ3) is 5.02. The summed E-state index contributed by atoms with van der Waals surface area (Å²) < 4.78 is 11.0. The highest BCUT2D eigenvalue weighted by atomic mass is 16.5. The van der Waals surface area contributed by atoms with Crippen LogP contribution < -0.4 is 10.1 Å². The third-order valence-corrected chi connectivity index (χ3v) is 3.92. The van der Waals surface area contributed by atoms with Gasteiger partial charge < -0.3 is 14.8 Å². The first-order valence-corrected chi connectivity index (χ1v) is 8.07. The zero-order valence-electron chi connectivity index (χ0n) is 14.5. The standard InChI is InChI=1S/C18H29NO3/c1-6-8-9-12-18(4,21-5)17(20)19-15-10-11-16(22-7-2)14(3)13-15/h10-11,13H,6-9,12H2,1-5H3,(H,19,20). The van der Waals surface area contributed by atoms with Gasteiger partial charge in [0.25, 0.3) is 5.91 Å². The Morgan fingerprint density at radius 1 is 1.27 bits per heavy atom. The van der Waals surface area contributed by atoms with Gasteiger partial charge in [0, 0.05) is 12.8 Å². The van der Waals surface area contributed by atoms with Crippen molar-refractivity contribution in [2.75, 3.05) is 19.0 Å². The number of methoxy groups -OCH3 is 1. The average molecular weight is 307 g/mol. The van der Waals surface area contributed by atoms with Crippen LogP contribution in [0.3, 0.4) is 0 Å². The lowest BCUT2D eigenvalue weighted by Crippen LogP contribution is -2.41. The van der Waals surface area contributed by atoms with Gasteiger partial charge in [0.1, 0.15) is 11.4 Å². The van der Waals surface area contributed by atoms with Crippen molar-refractivity contribution < 1.29 is 14.3 Å². The summed E-state index contributed by atoms with van der Waals surface area (Å²) in [7, 11) is 1.59. The number of rotatable bonds is 9. The minimum Gasteiger partial charge on any atom is -0.494 e. The maximum atomic E-state index is 12.5. The number of unbranched alkanes of at least 4 members (excludes halogenated alkanes) is 2. The van der Waals surface area contributed by atoms with Crippen molar-refractivity contribution >= 4 is 11.6 Å². The molecular formula is C18H29NO3. The molecule has 0 aliphatic rings. The fourth-order valence-electron chi connectivity index (χ4n) is 2.33. The SMILES string of the molecule is CCCCCC(C)(OC)C(=O)Nc1ccc(OCC)c(C)c1. The highest BCUT2D eigenvalue weighted by Crippen LogP contribution is 2.25. The molecule has 1 aromatic carbocycles. The lowest BCUT2D eigenvalue weighted by Gasteiger charge is -2.27. The quantitative estimate of drug-likeness (QED) is 0.691. The number of ether oxygens (including phenoxy) is 2. The Morgan fingerprint density at radius 3 is 2.55 bits per heavy atom. The van der Waals surface area contributed by atoms with Gasteiger partial charge in [0.2, 0.25) is 0 Å². The van der Waals surface area contributed by atoms with Crippen LogP contribution in [-0.2, 0) is 9.53 Å². The van der Waals surface area contributed by atoms with E-state index in [1.54, 1.807) is 7.11 Å². The Bertz CT molecular complexity index is 487. The maximum absolute atomic E-state index is 12.5. The number of anilines is 1. The number of amides is 1. The Balaban J connectivity index is 2.75. The largest absolute Gasteiger partial charge is 0.494 e. The van der Waals surface area contributed by atoms with E-state index in [-0.39, 0.29) is 5.91 Å². The third-order valence-electron chi connectivity index (χ3n) is 3.92. The first-order chi connectivity index (χ1) is 10.5. The number of carbonyl (C=O) groups is 1. The van der Waals surface area contributed by atoms with Gasteiger partial charge in [-0.15, -0.1) is 0 Å². The van der Waals surface area contributed by atoms with Gasteiger partial charge >= 0.3 is 0 Å². The fraction of sp³-hybridized carbons (Fsp3) is 0.611. The molecule has 0 fully saturated rings. The summed E-state index contributed by atoms with van der Waals surface area (Å²) >= 11 is 0. The topological polar surface area (TPSA) is 47.6 Å². The number of benzene rings is 1. The molecule has 1 N–H and O–H groups in total. The van der Waals surface area contributed by atoms with E-state index in [0.717, 1.165) is 42.7 Å². The minimum absolute atomic E-state index is 0.102.